The fraction of sp³-hybridized carbons (Fsp3) is 0.957. The highest BCUT2D eigenvalue weighted by Crippen LogP contribution is 2.18. The van der Waals surface area contributed by atoms with Gasteiger partial charge in [0.05, 0.1) is 19.7 Å². The second kappa shape index (κ2) is 38.7. The maximum atomic E-state index is 13.5. The minimum Gasteiger partial charge on any atom is -0.464 e. The second-order valence-corrected chi connectivity index (χ2v) is 17.0. The van der Waals surface area contributed by atoms with Gasteiger partial charge < -0.3 is 15.0 Å². The van der Waals surface area contributed by atoms with E-state index in [1.54, 1.807) is 0 Å². The van der Waals surface area contributed by atoms with Gasteiger partial charge in [0.25, 0.3) is 0 Å². The van der Waals surface area contributed by atoms with E-state index < -0.39 is 0 Å². The third-order valence-corrected chi connectivity index (χ3v) is 11.6. The highest BCUT2D eigenvalue weighted by molar-refractivity contribution is 5.78. The van der Waals surface area contributed by atoms with Crippen molar-refractivity contribution in [1.29, 1.82) is 0 Å². The first-order valence-corrected chi connectivity index (χ1v) is 24.1. The Morgan fingerprint density at radius 1 is 0.519 bits per heavy atom. The van der Waals surface area contributed by atoms with Gasteiger partial charge in [-0.2, -0.15) is 0 Å². The smallest absolute Gasteiger partial charge is 0.320 e. The minimum atomic E-state index is -0.0875. The summed E-state index contributed by atoms with van der Waals surface area (Å²) >= 11 is 0. The third kappa shape index (κ3) is 31.0. The van der Waals surface area contributed by atoms with Crippen LogP contribution in [0.5, 0.6) is 0 Å². The van der Waals surface area contributed by atoms with E-state index in [0.29, 0.717) is 26.2 Å². The predicted molar refractivity (Wildman–Crippen MR) is 233 cm³/mol. The number of amides is 1. The molecule has 1 heterocycles. The Morgan fingerprint density at radius 2 is 0.926 bits per heavy atom. The second-order valence-electron chi connectivity index (χ2n) is 17.0. The maximum Gasteiger partial charge on any atom is 0.320 e. The summed E-state index contributed by atoms with van der Waals surface area (Å²) in [6.07, 6.45) is 37.4. The van der Waals surface area contributed by atoms with Gasteiger partial charge in [-0.05, 0) is 58.3 Å². The van der Waals surface area contributed by atoms with Crippen molar-refractivity contribution in [3.63, 3.8) is 0 Å². The van der Waals surface area contributed by atoms with Gasteiger partial charge >= 0.3 is 5.97 Å². The van der Waals surface area contributed by atoms with E-state index in [2.05, 4.69) is 42.8 Å². The predicted octanol–water partition coefficient (Wildman–Crippen LogP) is 11.6. The number of nitrogens with one attached hydrogen (secondary N) is 1. The fourth-order valence-electron chi connectivity index (χ4n) is 7.91. The van der Waals surface area contributed by atoms with Crippen molar-refractivity contribution in [2.45, 2.75) is 214 Å². The van der Waals surface area contributed by atoms with E-state index in [1.165, 1.54) is 180 Å². The molecule has 1 aliphatic heterocycles. The van der Waals surface area contributed by atoms with E-state index in [1.807, 2.05) is 4.90 Å². The molecule has 54 heavy (non-hydrogen) atoms. The third-order valence-electron chi connectivity index (χ3n) is 11.6. The highest BCUT2D eigenvalue weighted by atomic mass is 16.5. The van der Waals surface area contributed by atoms with E-state index >= 15 is 0 Å². The molecule has 0 saturated carbocycles. The Morgan fingerprint density at radius 3 is 1.39 bits per heavy atom. The molecular formula is C47H94N4O3. The lowest BCUT2D eigenvalue weighted by Gasteiger charge is -2.25. The molecule has 1 saturated heterocycles. The van der Waals surface area contributed by atoms with Gasteiger partial charge in [0.2, 0.25) is 5.91 Å². The van der Waals surface area contributed by atoms with Crippen molar-refractivity contribution >= 4 is 11.9 Å². The molecule has 7 nitrogen and oxygen atoms in total. The molecule has 1 rings (SSSR count). The van der Waals surface area contributed by atoms with E-state index in [-0.39, 0.29) is 17.8 Å². The summed E-state index contributed by atoms with van der Waals surface area (Å²) in [6.45, 7) is 17.9. The van der Waals surface area contributed by atoms with Crippen LogP contribution < -0.4 is 5.32 Å². The first kappa shape index (κ1) is 50.8. The van der Waals surface area contributed by atoms with E-state index in [9.17, 15) is 9.59 Å². The van der Waals surface area contributed by atoms with Gasteiger partial charge in [-0.3, -0.25) is 19.4 Å². The zero-order valence-corrected chi connectivity index (χ0v) is 36.9. The van der Waals surface area contributed by atoms with Crippen molar-refractivity contribution < 1.29 is 14.3 Å². The van der Waals surface area contributed by atoms with E-state index in [0.717, 1.165) is 52.2 Å². The number of rotatable bonds is 41. The molecule has 0 aromatic carbocycles. The van der Waals surface area contributed by atoms with Crippen molar-refractivity contribution in [1.82, 2.24) is 20.0 Å². The molecule has 1 N–H and O–H groups in total. The number of nitrogens with zero attached hydrogens (tertiary/aromatic N) is 3. The Labute approximate surface area is 337 Å². The van der Waals surface area contributed by atoms with Gasteiger partial charge in [0.1, 0.15) is 0 Å². The van der Waals surface area contributed by atoms with Gasteiger partial charge in [-0.15, -0.1) is 0 Å². The zero-order chi connectivity index (χ0) is 39.2. The van der Waals surface area contributed by atoms with Crippen molar-refractivity contribution in [3.05, 3.63) is 0 Å². The molecule has 0 aromatic heterocycles. The lowest BCUT2D eigenvalue weighted by molar-refractivity contribution is -0.146. The van der Waals surface area contributed by atoms with Gasteiger partial charge in [0.15, 0.2) is 0 Å². The van der Waals surface area contributed by atoms with Crippen molar-refractivity contribution in [3.8, 4) is 0 Å². The lowest BCUT2D eigenvalue weighted by atomic mass is 10.1. The normalized spacial score (nSPS) is 14.6. The largest absolute Gasteiger partial charge is 0.464 e. The molecule has 1 aliphatic rings. The van der Waals surface area contributed by atoms with Crippen LogP contribution in [0.15, 0.2) is 0 Å². The van der Waals surface area contributed by atoms with Crippen LogP contribution in [0.2, 0.25) is 0 Å². The number of hydrogen-bond acceptors (Lipinski definition) is 6. The Kier molecular flexibility index (Phi) is 36.4. The number of ether oxygens (including phenoxy) is 1. The summed E-state index contributed by atoms with van der Waals surface area (Å²) in [4.78, 5) is 33.4. The van der Waals surface area contributed by atoms with Crippen LogP contribution in [-0.4, -0.2) is 98.6 Å². The molecule has 320 valence electrons. The average Bonchev–Trinajstić information content (AvgIpc) is 3.66. The quantitative estimate of drug-likeness (QED) is 0.0494. The van der Waals surface area contributed by atoms with Crippen LogP contribution in [0.25, 0.3) is 0 Å². The van der Waals surface area contributed by atoms with Gasteiger partial charge in [-0.1, -0.05) is 182 Å². The summed E-state index contributed by atoms with van der Waals surface area (Å²) in [6, 6.07) is 0. The summed E-state index contributed by atoms with van der Waals surface area (Å²) in [7, 11) is 0. The van der Waals surface area contributed by atoms with Crippen molar-refractivity contribution in [2.75, 3.05) is 72.1 Å². The number of esters is 1. The summed E-state index contributed by atoms with van der Waals surface area (Å²) in [5.41, 5.74) is 0. The van der Waals surface area contributed by atoms with Crippen LogP contribution in [0, 0.1) is 5.92 Å². The lowest BCUT2D eigenvalue weighted by Crippen LogP contribution is -2.42. The van der Waals surface area contributed by atoms with Crippen LogP contribution >= 0.6 is 0 Å². The zero-order valence-electron chi connectivity index (χ0n) is 36.9. The van der Waals surface area contributed by atoms with Crippen LogP contribution in [-0.2, 0) is 14.3 Å². The molecule has 1 amide bonds. The summed E-state index contributed by atoms with van der Waals surface area (Å²) in [5.74, 6) is 0.405. The number of carbonyl (C=O) groups is 2. The van der Waals surface area contributed by atoms with Crippen LogP contribution in [0.3, 0.4) is 0 Å². The minimum absolute atomic E-state index is 0.0875. The topological polar surface area (TPSA) is 65.1 Å². The monoisotopic (exact) mass is 763 g/mol. The number of unbranched alkanes of at least 4 members (excludes halogenated alkanes) is 24. The fourth-order valence-corrected chi connectivity index (χ4v) is 7.91. The van der Waals surface area contributed by atoms with Crippen LogP contribution in [0.4, 0.5) is 0 Å². The summed E-state index contributed by atoms with van der Waals surface area (Å²) in [5, 5.41) is 3.66. The molecule has 0 aromatic rings. The van der Waals surface area contributed by atoms with Gasteiger partial charge in [0, 0.05) is 32.1 Å². The molecule has 7 heteroatoms. The molecule has 0 bridgehead atoms. The van der Waals surface area contributed by atoms with Crippen LogP contribution in [0.1, 0.15) is 214 Å². The van der Waals surface area contributed by atoms with E-state index in [4.69, 9.17) is 4.74 Å². The first-order chi connectivity index (χ1) is 26.5. The Balaban J connectivity index is 2.48. The maximum absolute atomic E-state index is 13.5. The molecule has 0 aliphatic carbocycles. The molecule has 1 fully saturated rings. The number of likely N-dealkylation sites (tertiary alicyclic amines) is 1. The SMILES string of the molecule is CCCCCCCCCNCCN(CCCCCCCCC)CC(=O)N1CCC(COC(=O)CN(CCCCCCCCC)CCCCCCCCC)C1. The first-order valence-electron chi connectivity index (χ1n) is 24.1. The number of carbonyl (C=O) groups excluding carboxylic acids is 2. The Bertz CT molecular complexity index is 809. The average molecular weight is 763 g/mol. The molecule has 0 spiro atoms. The summed E-state index contributed by atoms with van der Waals surface area (Å²) < 4.78 is 5.89. The highest BCUT2D eigenvalue weighted by Gasteiger charge is 2.28. The molecule has 1 unspecified atom stereocenters. The number of hydrogen-bond donors (Lipinski definition) is 1. The molecule has 0 radical (unpaired) electrons. The molecular weight excluding hydrogens is 669 g/mol. The Hall–Kier alpha value is -1.18. The standard InChI is InChI=1S/C47H94N4O3/c1-5-9-13-17-21-25-29-34-48-35-40-50(38-32-28-24-20-16-12-8-4)42-46(52)51-39-33-45(41-51)44-54-47(53)43-49(36-30-26-22-18-14-10-6-2)37-31-27-23-19-15-11-7-3/h45,48H,5-44H2,1-4H3. The van der Waals surface area contributed by atoms with Crippen molar-refractivity contribution in [2.24, 2.45) is 5.92 Å². The van der Waals surface area contributed by atoms with Gasteiger partial charge in [-0.25, -0.2) is 0 Å². The molecule has 1 atom stereocenters.